The Bertz CT molecular complexity index is 653. The molecule has 4 nitrogen and oxygen atoms in total. The average Bonchev–Trinajstić information content (AvgIpc) is 2.47. The summed E-state index contributed by atoms with van der Waals surface area (Å²) in [5.41, 5.74) is 1.29. The second-order valence-electron chi connectivity index (χ2n) is 5.87. The number of ether oxygens (including phenoxy) is 1. The Morgan fingerprint density at radius 1 is 1.29 bits per heavy atom. The van der Waals surface area contributed by atoms with Crippen molar-refractivity contribution in [2.75, 3.05) is 0 Å². The number of fused-ring (bicyclic) bond motifs is 1. The highest BCUT2D eigenvalue weighted by Crippen LogP contribution is 2.39. The van der Waals surface area contributed by atoms with Crippen molar-refractivity contribution in [3.05, 3.63) is 59.9 Å². The second-order valence-corrected chi connectivity index (χ2v) is 5.87. The van der Waals surface area contributed by atoms with Gasteiger partial charge in [-0.2, -0.15) is 0 Å². The Kier molecular flexibility index (Phi) is 3.37. The Morgan fingerprint density at radius 3 is 2.86 bits per heavy atom. The predicted molar refractivity (Wildman–Crippen MR) is 80.2 cm³/mol. The fourth-order valence-electron chi connectivity index (χ4n) is 2.67. The Hall–Kier alpha value is -2.36. The highest BCUT2D eigenvalue weighted by atomic mass is 16.5. The van der Waals surface area contributed by atoms with Crippen LogP contribution < -0.4 is 10.1 Å². The van der Waals surface area contributed by atoms with Crippen LogP contribution in [-0.2, 0) is 0 Å². The van der Waals surface area contributed by atoms with Gasteiger partial charge in [0.15, 0.2) is 0 Å². The van der Waals surface area contributed by atoms with Crippen LogP contribution in [0.3, 0.4) is 0 Å². The summed E-state index contributed by atoms with van der Waals surface area (Å²) in [4.78, 5) is 16.3. The standard InChI is InChI=1S/C17H18N2O2/c1-17(2)10-14(13-7-3-4-8-15(13)21-17)19-16(20)12-6-5-9-18-11-12/h3-9,11,14H,10H2,1-2H3,(H,19,20)/t14-/m1/s1. The van der Waals surface area contributed by atoms with Gasteiger partial charge in [0, 0.05) is 24.4 Å². The van der Waals surface area contributed by atoms with Crippen molar-refractivity contribution in [3.8, 4) is 5.75 Å². The molecule has 0 saturated carbocycles. The molecule has 1 aliphatic heterocycles. The molecule has 1 amide bonds. The maximum Gasteiger partial charge on any atom is 0.253 e. The lowest BCUT2D eigenvalue weighted by Gasteiger charge is -2.37. The zero-order chi connectivity index (χ0) is 14.9. The Balaban J connectivity index is 1.87. The van der Waals surface area contributed by atoms with Gasteiger partial charge in [0.2, 0.25) is 0 Å². The van der Waals surface area contributed by atoms with E-state index in [9.17, 15) is 4.79 Å². The van der Waals surface area contributed by atoms with Crippen LogP contribution in [0.2, 0.25) is 0 Å². The van der Waals surface area contributed by atoms with E-state index in [0.29, 0.717) is 5.56 Å². The first-order chi connectivity index (χ1) is 10.1. The van der Waals surface area contributed by atoms with Crippen molar-refractivity contribution in [2.45, 2.75) is 31.9 Å². The minimum absolute atomic E-state index is 0.0577. The number of para-hydroxylation sites is 1. The molecule has 0 spiro atoms. The molecular weight excluding hydrogens is 264 g/mol. The maximum absolute atomic E-state index is 12.3. The van der Waals surface area contributed by atoms with Gasteiger partial charge in [-0.25, -0.2) is 0 Å². The van der Waals surface area contributed by atoms with E-state index in [1.165, 1.54) is 0 Å². The molecule has 1 N–H and O–H groups in total. The molecule has 2 aromatic rings. The molecule has 0 radical (unpaired) electrons. The maximum atomic E-state index is 12.3. The van der Waals surface area contributed by atoms with Crippen LogP contribution >= 0.6 is 0 Å². The molecule has 1 atom stereocenters. The van der Waals surface area contributed by atoms with Crippen LogP contribution in [0.5, 0.6) is 5.75 Å². The summed E-state index contributed by atoms with van der Waals surface area (Å²) >= 11 is 0. The monoisotopic (exact) mass is 282 g/mol. The molecule has 1 aliphatic rings. The van der Waals surface area contributed by atoms with Gasteiger partial charge >= 0.3 is 0 Å². The first-order valence-corrected chi connectivity index (χ1v) is 7.04. The summed E-state index contributed by atoms with van der Waals surface area (Å²) in [5, 5.41) is 3.09. The zero-order valence-electron chi connectivity index (χ0n) is 12.2. The molecule has 0 fully saturated rings. The number of carbonyl (C=O) groups is 1. The number of pyridine rings is 1. The highest BCUT2D eigenvalue weighted by Gasteiger charge is 2.34. The second kappa shape index (κ2) is 5.20. The van der Waals surface area contributed by atoms with E-state index in [2.05, 4.69) is 10.3 Å². The number of benzene rings is 1. The van der Waals surface area contributed by atoms with Gasteiger partial charge in [-0.3, -0.25) is 9.78 Å². The molecule has 0 unspecified atom stereocenters. The summed E-state index contributed by atoms with van der Waals surface area (Å²) in [6, 6.07) is 11.3. The van der Waals surface area contributed by atoms with Crippen molar-refractivity contribution in [1.29, 1.82) is 0 Å². The number of rotatable bonds is 2. The lowest BCUT2D eigenvalue weighted by atomic mass is 9.89. The van der Waals surface area contributed by atoms with Gasteiger partial charge in [0.1, 0.15) is 11.4 Å². The van der Waals surface area contributed by atoms with Crippen LogP contribution in [0, 0.1) is 0 Å². The molecular formula is C17H18N2O2. The van der Waals surface area contributed by atoms with E-state index in [0.717, 1.165) is 17.7 Å². The van der Waals surface area contributed by atoms with E-state index in [1.54, 1.807) is 24.5 Å². The SMILES string of the molecule is CC1(C)C[C@@H](NC(=O)c2cccnc2)c2ccccc2O1. The van der Waals surface area contributed by atoms with Gasteiger partial charge in [-0.15, -0.1) is 0 Å². The fraction of sp³-hybridized carbons (Fsp3) is 0.294. The van der Waals surface area contributed by atoms with Crippen LogP contribution in [0.25, 0.3) is 0 Å². The summed E-state index contributed by atoms with van der Waals surface area (Å²) in [5.74, 6) is 0.728. The van der Waals surface area contributed by atoms with Crippen LogP contribution in [0.15, 0.2) is 48.8 Å². The summed E-state index contributed by atoms with van der Waals surface area (Å²) < 4.78 is 5.97. The zero-order valence-corrected chi connectivity index (χ0v) is 12.2. The lowest BCUT2D eigenvalue weighted by molar-refractivity contribution is 0.0619. The largest absolute Gasteiger partial charge is 0.487 e. The van der Waals surface area contributed by atoms with Crippen LogP contribution in [0.1, 0.15) is 42.2 Å². The number of nitrogens with zero attached hydrogens (tertiary/aromatic N) is 1. The number of nitrogens with one attached hydrogen (secondary N) is 1. The van der Waals surface area contributed by atoms with Gasteiger partial charge in [0.05, 0.1) is 11.6 Å². The molecule has 108 valence electrons. The molecule has 0 bridgehead atoms. The summed E-state index contributed by atoms with van der Waals surface area (Å²) in [6.07, 6.45) is 3.96. The number of hydrogen-bond acceptors (Lipinski definition) is 3. The highest BCUT2D eigenvalue weighted by molar-refractivity contribution is 5.94. The topological polar surface area (TPSA) is 51.2 Å². The minimum Gasteiger partial charge on any atom is -0.487 e. The molecule has 0 saturated heterocycles. The number of aromatic nitrogens is 1. The first kappa shape index (κ1) is 13.6. The minimum atomic E-state index is -0.304. The van der Waals surface area contributed by atoms with Crippen molar-refractivity contribution in [3.63, 3.8) is 0 Å². The number of amides is 1. The quantitative estimate of drug-likeness (QED) is 0.920. The molecule has 21 heavy (non-hydrogen) atoms. The van der Waals surface area contributed by atoms with E-state index < -0.39 is 0 Å². The molecule has 2 heterocycles. The van der Waals surface area contributed by atoms with E-state index in [4.69, 9.17) is 4.74 Å². The molecule has 3 rings (SSSR count). The molecule has 1 aromatic carbocycles. The van der Waals surface area contributed by atoms with Gasteiger partial charge in [-0.05, 0) is 32.0 Å². The van der Waals surface area contributed by atoms with Gasteiger partial charge in [-0.1, -0.05) is 18.2 Å². The third-order valence-electron chi connectivity index (χ3n) is 3.61. The third kappa shape index (κ3) is 2.89. The van der Waals surface area contributed by atoms with Crippen molar-refractivity contribution in [2.24, 2.45) is 0 Å². The van der Waals surface area contributed by atoms with E-state index >= 15 is 0 Å². The molecule has 4 heteroatoms. The third-order valence-corrected chi connectivity index (χ3v) is 3.61. The van der Waals surface area contributed by atoms with Crippen molar-refractivity contribution in [1.82, 2.24) is 10.3 Å². The van der Waals surface area contributed by atoms with Gasteiger partial charge in [0.25, 0.3) is 5.91 Å². The van der Waals surface area contributed by atoms with Crippen molar-refractivity contribution < 1.29 is 9.53 Å². The smallest absolute Gasteiger partial charge is 0.253 e. The normalized spacial score (nSPS) is 19.2. The Morgan fingerprint density at radius 2 is 2.10 bits per heavy atom. The summed E-state index contributed by atoms with van der Waals surface area (Å²) in [7, 11) is 0. The average molecular weight is 282 g/mol. The molecule has 1 aromatic heterocycles. The van der Waals surface area contributed by atoms with Crippen LogP contribution in [0.4, 0.5) is 0 Å². The lowest BCUT2D eigenvalue weighted by Crippen LogP contribution is -2.41. The molecule has 0 aliphatic carbocycles. The predicted octanol–water partition coefficient (Wildman–Crippen LogP) is 3.11. The van der Waals surface area contributed by atoms with E-state index in [-0.39, 0.29) is 17.6 Å². The fourth-order valence-corrected chi connectivity index (χ4v) is 2.67. The van der Waals surface area contributed by atoms with Gasteiger partial charge < -0.3 is 10.1 Å². The van der Waals surface area contributed by atoms with Crippen LogP contribution in [-0.4, -0.2) is 16.5 Å². The number of carbonyl (C=O) groups excluding carboxylic acids is 1. The van der Waals surface area contributed by atoms with Crippen molar-refractivity contribution >= 4 is 5.91 Å². The number of hydrogen-bond donors (Lipinski definition) is 1. The van der Waals surface area contributed by atoms with E-state index in [1.807, 2.05) is 38.1 Å². The Labute approximate surface area is 124 Å². The summed E-state index contributed by atoms with van der Waals surface area (Å²) in [6.45, 7) is 4.07. The first-order valence-electron chi connectivity index (χ1n) is 7.04.